The van der Waals surface area contributed by atoms with E-state index in [0.717, 1.165) is 24.6 Å². The van der Waals surface area contributed by atoms with Crippen LogP contribution in [0.4, 0.5) is 0 Å². The van der Waals surface area contributed by atoms with Crippen LogP contribution in [0.3, 0.4) is 0 Å². The van der Waals surface area contributed by atoms with Crippen molar-refractivity contribution in [3.8, 4) is 0 Å². The monoisotopic (exact) mass is 524 g/mol. The first-order chi connectivity index (χ1) is 17.8. The molecule has 0 aliphatic rings. The van der Waals surface area contributed by atoms with E-state index in [1.807, 2.05) is 35.1 Å². The molecule has 11 heteroatoms. The van der Waals surface area contributed by atoms with Gasteiger partial charge in [0.2, 0.25) is 0 Å². The molecule has 0 aliphatic carbocycles. The number of benzene rings is 2. The fourth-order valence-electron chi connectivity index (χ4n) is 3.31. The summed E-state index contributed by atoms with van der Waals surface area (Å²) in [5.74, 6) is -1.79. The van der Waals surface area contributed by atoms with Gasteiger partial charge in [-0.25, -0.2) is 13.1 Å². The Labute approximate surface area is 215 Å². The number of sulfonamides is 1. The highest BCUT2D eigenvalue weighted by Gasteiger charge is 2.21. The molecule has 37 heavy (non-hydrogen) atoms. The first-order valence-corrected chi connectivity index (χ1v) is 13.0. The lowest BCUT2D eigenvalue weighted by Gasteiger charge is -2.10. The number of aromatic nitrogens is 1. The number of rotatable bonds is 12. The van der Waals surface area contributed by atoms with Crippen LogP contribution in [-0.4, -0.2) is 57.9 Å². The molecule has 0 spiro atoms. The third-order valence-corrected chi connectivity index (χ3v) is 6.58. The number of aryl methyl sites for hydroxylation is 1. The third kappa shape index (κ3) is 8.23. The van der Waals surface area contributed by atoms with Crippen LogP contribution in [0.2, 0.25) is 0 Å². The minimum atomic E-state index is -4.27. The highest BCUT2D eigenvalue weighted by Crippen LogP contribution is 2.13. The molecule has 0 atom stereocenters. The molecular formula is C26H28N4O6S. The van der Waals surface area contributed by atoms with Gasteiger partial charge in [-0.3, -0.25) is 19.4 Å². The van der Waals surface area contributed by atoms with Gasteiger partial charge in [-0.2, -0.15) is 0 Å². The number of carbonyl (C=O) groups excluding carboxylic acids is 3. The normalized spacial score (nSPS) is 10.9. The van der Waals surface area contributed by atoms with Gasteiger partial charge >= 0.3 is 0 Å². The Kier molecular flexibility index (Phi) is 9.87. The van der Waals surface area contributed by atoms with E-state index in [1.54, 1.807) is 0 Å². The summed E-state index contributed by atoms with van der Waals surface area (Å²) >= 11 is 0. The van der Waals surface area contributed by atoms with Gasteiger partial charge < -0.3 is 15.4 Å². The van der Waals surface area contributed by atoms with Crippen molar-refractivity contribution in [3.05, 3.63) is 95.3 Å². The van der Waals surface area contributed by atoms with Crippen LogP contribution < -0.4 is 15.4 Å². The maximum absolute atomic E-state index is 12.8. The van der Waals surface area contributed by atoms with Crippen LogP contribution in [0.1, 0.15) is 43.2 Å². The summed E-state index contributed by atoms with van der Waals surface area (Å²) in [6.45, 7) is 1.05. The Balaban J connectivity index is 1.57. The molecule has 1 heterocycles. The van der Waals surface area contributed by atoms with Crippen molar-refractivity contribution < 1.29 is 27.5 Å². The predicted molar refractivity (Wildman–Crippen MR) is 137 cm³/mol. The zero-order chi connectivity index (χ0) is 26.7. The number of nitrogens with zero attached hydrogens (tertiary/aromatic N) is 1. The van der Waals surface area contributed by atoms with E-state index in [4.69, 9.17) is 4.74 Å². The van der Waals surface area contributed by atoms with E-state index < -0.39 is 27.7 Å². The molecule has 10 nitrogen and oxygen atoms in total. The second-order valence-corrected chi connectivity index (χ2v) is 9.67. The summed E-state index contributed by atoms with van der Waals surface area (Å²) in [6, 6.07) is 17.9. The Bertz CT molecular complexity index is 1330. The number of ether oxygens (including phenoxy) is 1. The van der Waals surface area contributed by atoms with E-state index in [2.05, 4.69) is 15.6 Å². The SMILES string of the molecule is COCCNC(=O)c1ccc(C(=O)NS(=O)(=O)c2cccc(C(=O)NCCCc3ccccc3)c2)cn1. The van der Waals surface area contributed by atoms with Crippen LogP contribution in [-0.2, 0) is 21.2 Å². The molecule has 3 amide bonds. The largest absolute Gasteiger partial charge is 0.383 e. The topological polar surface area (TPSA) is 144 Å². The lowest BCUT2D eigenvalue weighted by atomic mass is 10.1. The minimum Gasteiger partial charge on any atom is -0.383 e. The molecule has 1 aromatic heterocycles. The average Bonchev–Trinajstić information content (AvgIpc) is 2.91. The Morgan fingerprint density at radius 2 is 1.59 bits per heavy atom. The van der Waals surface area contributed by atoms with Gasteiger partial charge in [0.05, 0.1) is 17.1 Å². The molecule has 0 saturated heterocycles. The molecule has 0 aliphatic heterocycles. The highest BCUT2D eigenvalue weighted by molar-refractivity contribution is 7.90. The van der Waals surface area contributed by atoms with Crippen molar-refractivity contribution in [2.45, 2.75) is 17.7 Å². The van der Waals surface area contributed by atoms with E-state index in [-0.39, 0.29) is 21.7 Å². The van der Waals surface area contributed by atoms with Crippen molar-refractivity contribution in [3.63, 3.8) is 0 Å². The van der Waals surface area contributed by atoms with Crippen molar-refractivity contribution >= 4 is 27.7 Å². The summed E-state index contributed by atoms with van der Waals surface area (Å²) in [5, 5.41) is 5.37. The van der Waals surface area contributed by atoms with Gasteiger partial charge in [0.1, 0.15) is 5.69 Å². The quantitative estimate of drug-likeness (QED) is 0.307. The molecule has 0 bridgehead atoms. The molecule has 0 unspecified atom stereocenters. The number of hydrogen-bond donors (Lipinski definition) is 3. The van der Waals surface area contributed by atoms with E-state index >= 15 is 0 Å². The molecule has 2 aromatic carbocycles. The maximum atomic E-state index is 12.8. The predicted octanol–water partition coefficient (Wildman–Crippen LogP) is 1.94. The van der Waals surface area contributed by atoms with Crippen LogP contribution >= 0.6 is 0 Å². The smallest absolute Gasteiger partial charge is 0.269 e. The number of methoxy groups -OCH3 is 1. The third-order valence-electron chi connectivity index (χ3n) is 5.25. The number of amides is 3. The highest BCUT2D eigenvalue weighted by atomic mass is 32.2. The van der Waals surface area contributed by atoms with Crippen molar-refractivity contribution in [1.29, 1.82) is 0 Å². The lowest BCUT2D eigenvalue weighted by Crippen LogP contribution is -2.31. The maximum Gasteiger partial charge on any atom is 0.269 e. The summed E-state index contributed by atoms with van der Waals surface area (Å²) in [6.07, 6.45) is 2.64. The van der Waals surface area contributed by atoms with Gasteiger partial charge in [0.25, 0.3) is 27.7 Å². The summed E-state index contributed by atoms with van der Waals surface area (Å²) in [7, 11) is -2.76. The zero-order valence-corrected chi connectivity index (χ0v) is 21.1. The molecule has 0 saturated carbocycles. The molecule has 3 N–H and O–H groups in total. The van der Waals surface area contributed by atoms with Crippen molar-refractivity contribution in [2.24, 2.45) is 0 Å². The summed E-state index contributed by atoms with van der Waals surface area (Å²) in [4.78, 5) is 40.7. The summed E-state index contributed by atoms with van der Waals surface area (Å²) in [5.41, 5.74) is 1.33. The fraction of sp³-hybridized carbons (Fsp3) is 0.231. The molecule has 0 fully saturated rings. The van der Waals surface area contributed by atoms with Crippen LogP contribution in [0, 0.1) is 0 Å². The molecule has 0 radical (unpaired) electrons. The van der Waals surface area contributed by atoms with E-state index in [1.165, 1.54) is 43.5 Å². The zero-order valence-electron chi connectivity index (χ0n) is 20.3. The minimum absolute atomic E-state index is 0.0515. The van der Waals surface area contributed by atoms with Crippen molar-refractivity contribution in [2.75, 3.05) is 26.8 Å². The lowest BCUT2D eigenvalue weighted by molar-refractivity contribution is 0.0927. The first kappa shape index (κ1) is 27.5. The number of pyridine rings is 1. The van der Waals surface area contributed by atoms with Gasteiger partial charge in [0, 0.05) is 32.0 Å². The van der Waals surface area contributed by atoms with Gasteiger partial charge in [-0.05, 0) is 48.7 Å². The number of nitrogens with one attached hydrogen (secondary N) is 3. The molecule has 3 aromatic rings. The van der Waals surface area contributed by atoms with Crippen molar-refractivity contribution in [1.82, 2.24) is 20.3 Å². The van der Waals surface area contributed by atoms with Crippen LogP contribution in [0.15, 0.2) is 77.8 Å². The van der Waals surface area contributed by atoms with E-state index in [9.17, 15) is 22.8 Å². The number of carbonyl (C=O) groups is 3. The van der Waals surface area contributed by atoms with Gasteiger partial charge in [0.15, 0.2) is 0 Å². The second-order valence-electron chi connectivity index (χ2n) is 7.99. The average molecular weight is 525 g/mol. The Morgan fingerprint density at radius 1 is 0.838 bits per heavy atom. The standard InChI is InChI=1S/C26H28N4O6S/c1-36-16-15-28-26(33)23-13-12-21(18-29-23)25(32)30-37(34,35)22-11-5-10-20(17-22)24(31)27-14-6-9-19-7-3-2-4-8-19/h2-5,7-8,10-13,17-18H,6,9,14-16H2,1H3,(H,27,31)(H,28,33)(H,30,32). The first-order valence-electron chi connectivity index (χ1n) is 11.5. The molecule has 3 rings (SSSR count). The second kappa shape index (κ2) is 13.3. The number of hydrogen-bond acceptors (Lipinski definition) is 7. The Morgan fingerprint density at radius 3 is 2.30 bits per heavy atom. The van der Waals surface area contributed by atoms with Gasteiger partial charge in [-0.15, -0.1) is 0 Å². The van der Waals surface area contributed by atoms with Crippen LogP contribution in [0.25, 0.3) is 0 Å². The molecule has 194 valence electrons. The van der Waals surface area contributed by atoms with Gasteiger partial charge in [-0.1, -0.05) is 36.4 Å². The van der Waals surface area contributed by atoms with E-state index in [0.29, 0.717) is 19.7 Å². The fourth-order valence-corrected chi connectivity index (χ4v) is 4.32. The van der Waals surface area contributed by atoms with Crippen LogP contribution in [0.5, 0.6) is 0 Å². The Hall–Kier alpha value is -4.09. The summed E-state index contributed by atoms with van der Waals surface area (Å²) < 4.78 is 32.4. The molecular weight excluding hydrogens is 496 g/mol.